The number of hydrogen-bond donors (Lipinski definition) is 0. The molecule has 160 valence electrons. The number of fused-ring (bicyclic) bond motifs is 1. The van der Waals surface area contributed by atoms with Crippen molar-refractivity contribution in [3.63, 3.8) is 0 Å². The van der Waals surface area contributed by atoms with Crippen molar-refractivity contribution in [2.24, 2.45) is 0 Å². The maximum absolute atomic E-state index is 11.8. The highest BCUT2D eigenvalue weighted by Crippen LogP contribution is 2.28. The fourth-order valence-corrected chi connectivity index (χ4v) is 2.72. The van der Waals surface area contributed by atoms with Crippen molar-refractivity contribution in [1.29, 1.82) is 0 Å². The number of aromatic nitrogens is 2. The lowest BCUT2D eigenvalue weighted by Gasteiger charge is -2.31. The molecule has 3 atom stereocenters. The minimum atomic E-state index is -1.34. The average Bonchev–Trinajstić information content (AvgIpc) is 2.66. The molecule has 0 bridgehead atoms. The molecule has 10 heteroatoms. The molecule has 0 N–H and O–H groups in total. The van der Waals surface area contributed by atoms with Crippen LogP contribution in [0.3, 0.4) is 0 Å². The molecule has 0 saturated heterocycles. The predicted octanol–water partition coefficient (Wildman–Crippen LogP) is 1.66. The molecule has 10 nitrogen and oxygen atoms in total. The average molecular weight is 418 g/mol. The highest BCUT2D eigenvalue weighted by Gasteiger charge is 2.40. The van der Waals surface area contributed by atoms with Gasteiger partial charge in [-0.2, -0.15) is 0 Å². The van der Waals surface area contributed by atoms with Gasteiger partial charge in [0, 0.05) is 27.7 Å². The summed E-state index contributed by atoms with van der Waals surface area (Å²) in [5.74, 6) is -2.77. The van der Waals surface area contributed by atoms with E-state index in [1.54, 1.807) is 24.3 Å². The molecule has 0 aliphatic carbocycles. The normalized spacial score (nSPS) is 13.6. The third kappa shape index (κ3) is 6.50. The smallest absolute Gasteiger partial charge is 0.303 e. The molecule has 0 amide bonds. The van der Waals surface area contributed by atoms with Gasteiger partial charge in [-0.3, -0.25) is 24.2 Å². The molecule has 0 fully saturated rings. The number of carbonyl (C=O) groups is 4. The highest BCUT2D eigenvalue weighted by molar-refractivity contribution is 5.74. The van der Waals surface area contributed by atoms with E-state index in [0.29, 0.717) is 11.0 Å². The lowest BCUT2D eigenvalue weighted by Crippen LogP contribution is -2.43. The molecular formula is C20H22N2O8. The monoisotopic (exact) mass is 418 g/mol. The summed E-state index contributed by atoms with van der Waals surface area (Å²) >= 11 is 0. The summed E-state index contributed by atoms with van der Waals surface area (Å²) in [4.78, 5) is 55.1. The molecule has 1 aromatic carbocycles. The number of esters is 4. The number of carbonyl (C=O) groups excluding carboxylic acids is 4. The van der Waals surface area contributed by atoms with Crippen molar-refractivity contribution in [2.45, 2.75) is 46.0 Å². The second-order valence-corrected chi connectivity index (χ2v) is 6.34. The molecule has 0 saturated carbocycles. The zero-order valence-electron chi connectivity index (χ0n) is 17.0. The van der Waals surface area contributed by atoms with Gasteiger partial charge in [0.05, 0.1) is 17.2 Å². The molecule has 1 heterocycles. The topological polar surface area (TPSA) is 131 Å². The number of benzene rings is 1. The fraction of sp³-hybridized carbons (Fsp3) is 0.400. The van der Waals surface area contributed by atoms with Crippen molar-refractivity contribution in [3.05, 3.63) is 36.2 Å². The third-order valence-electron chi connectivity index (χ3n) is 3.79. The van der Waals surface area contributed by atoms with Crippen LogP contribution in [0.1, 0.15) is 39.5 Å². The van der Waals surface area contributed by atoms with Crippen molar-refractivity contribution in [3.8, 4) is 0 Å². The van der Waals surface area contributed by atoms with Crippen molar-refractivity contribution in [1.82, 2.24) is 9.97 Å². The number of para-hydroxylation sites is 2. The van der Waals surface area contributed by atoms with Crippen LogP contribution in [0.4, 0.5) is 0 Å². The van der Waals surface area contributed by atoms with Gasteiger partial charge < -0.3 is 18.9 Å². The Kier molecular flexibility index (Phi) is 7.79. The number of rotatable bonds is 8. The number of hydrogen-bond acceptors (Lipinski definition) is 10. The lowest BCUT2D eigenvalue weighted by molar-refractivity contribution is -0.190. The minimum Gasteiger partial charge on any atom is -0.462 e. The van der Waals surface area contributed by atoms with Gasteiger partial charge in [-0.1, -0.05) is 12.1 Å². The van der Waals surface area contributed by atoms with Gasteiger partial charge in [0.25, 0.3) is 0 Å². The van der Waals surface area contributed by atoms with Gasteiger partial charge in [-0.25, -0.2) is 4.98 Å². The van der Waals surface area contributed by atoms with Crippen LogP contribution in [0.15, 0.2) is 30.5 Å². The molecule has 2 aromatic rings. The standard InChI is InChI=1S/C20H22N2O8/c1-11(23)27-10-18(28-12(2)24)20(30-14(4)26)19(29-13(3)25)17-9-21-15-7-5-6-8-16(15)22-17/h5-9,18-20H,10H2,1-4H3/t18-,19-,20-/m1/s1. The van der Waals surface area contributed by atoms with E-state index >= 15 is 0 Å². The molecule has 2 rings (SSSR count). The highest BCUT2D eigenvalue weighted by atomic mass is 16.6. The Morgan fingerprint density at radius 3 is 2.00 bits per heavy atom. The molecule has 0 aliphatic heterocycles. The Labute approximate surface area is 172 Å². The second-order valence-electron chi connectivity index (χ2n) is 6.34. The van der Waals surface area contributed by atoms with E-state index in [-0.39, 0.29) is 5.69 Å². The first-order chi connectivity index (χ1) is 14.2. The van der Waals surface area contributed by atoms with Crippen molar-refractivity contribution >= 4 is 34.9 Å². The van der Waals surface area contributed by atoms with Crippen molar-refractivity contribution < 1.29 is 38.1 Å². The van der Waals surface area contributed by atoms with Crippen LogP contribution in [-0.2, 0) is 38.1 Å². The van der Waals surface area contributed by atoms with Crippen LogP contribution in [0, 0.1) is 0 Å². The maximum atomic E-state index is 11.8. The maximum Gasteiger partial charge on any atom is 0.303 e. The molecule has 0 spiro atoms. The van der Waals surface area contributed by atoms with E-state index < -0.39 is 48.8 Å². The molecule has 30 heavy (non-hydrogen) atoms. The van der Waals surface area contributed by atoms with Gasteiger partial charge in [-0.05, 0) is 12.1 Å². The van der Waals surface area contributed by atoms with Gasteiger partial charge in [0.1, 0.15) is 12.3 Å². The Balaban J connectivity index is 2.52. The number of ether oxygens (including phenoxy) is 4. The molecule has 0 unspecified atom stereocenters. The van der Waals surface area contributed by atoms with Crippen LogP contribution in [0.5, 0.6) is 0 Å². The molecule has 0 radical (unpaired) electrons. The summed E-state index contributed by atoms with van der Waals surface area (Å²) in [6.07, 6.45) is -2.51. The molecule has 1 aromatic heterocycles. The van der Waals surface area contributed by atoms with Crippen LogP contribution < -0.4 is 0 Å². The largest absolute Gasteiger partial charge is 0.462 e. The summed E-state index contributed by atoms with van der Waals surface area (Å²) in [5.41, 5.74) is 1.27. The summed E-state index contributed by atoms with van der Waals surface area (Å²) < 4.78 is 20.8. The molecule has 0 aliphatic rings. The van der Waals surface area contributed by atoms with E-state index in [0.717, 1.165) is 13.8 Å². The summed E-state index contributed by atoms with van der Waals surface area (Å²) in [7, 11) is 0. The summed E-state index contributed by atoms with van der Waals surface area (Å²) in [5, 5.41) is 0. The van der Waals surface area contributed by atoms with Crippen molar-refractivity contribution in [2.75, 3.05) is 6.61 Å². The minimum absolute atomic E-state index is 0.162. The summed E-state index contributed by atoms with van der Waals surface area (Å²) in [6, 6.07) is 7.00. The second kappa shape index (κ2) is 10.3. The fourth-order valence-electron chi connectivity index (χ4n) is 2.72. The van der Waals surface area contributed by atoms with Crippen LogP contribution >= 0.6 is 0 Å². The first-order valence-electron chi connectivity index (χ1n) is 9.04. The van der Waals surface area contributed by atoms with E-state index in [4.69, 9.17) is 18.9 Å². The van der Waals surface area contributed by atoms with Gasteiger partial charge in [-0.15, -0.1) is 0 Å². The Hall–Kier alpha value is -3.56. The molecular weight excluding hydrogens is 396 g/mol. The first kappa shape index (κ1) is 22.7. The quantitative estimate of drug-likeness (QED) is 0.460. The first-order valence-corrected chi connectivity index (χ1v) is 9.04. The van der Waals surface area contributed by atoms with Gasteiger partial charge in [0.15, 0.2) is 18.3 Å². The Morgan fingerprint density at radius 1 is 0.833 bits per heavy atom. The SMILES string of the molecule is CC(=O)OC[C@@H](OC(C)=O)[C@@H](OC(C)=O)[C@H](OC(C)=O)c1cnc2ccccc2n1. The third-order valence-corrected chi connectivity index (χ3v) is 3.79. The zero-order chi connectivity index (χ0) is 22.3. The van der Waals surface area contributed by atoms with Crippen LogP contribution in [-0.4, -0.2) is 52.7 Å². The predicted molar refractivity (Wildman–Crippen MR) is 102 cm³/mol. The van der Waals surface area contributed by atoms with E-state index in [9.17, 15) is 19.2 Å². The van der Waals surface area contributed by atoms with Crippen LogP contribution in [0.25, 0.3) is 11.0 Å². The zero-order valence-corrected chi connectivity index (χ0v) is 17.0. The summed E-state index contributed by atoms with van der Waals surface area (Å²) in [6.45, 7) is 4.19. The van der Waals surface area contributed by atoms with E-state index in [2.05, 4.69) is 9.97 Å². The Morgan fingerprint density at radius 2 is 1.43 bits per heavy atom. The van der Waals surface area contributed by atoms with Crippen LogP contribution in [0.2, 0.25) is 0 Å². The Bertz CT molecular complexity index is 945. The lowest BCUT2D eigenvalue weighted by atomic mass is 10.0. The van der Waals surface area contributed by atoms with E-state index in [1.165, 1.54) is 20.0 Å². The van der Waals surface area contributed by atoms with E-state index in [1.807, 2.05) is 0 Å². The number of nitrogens with zero attached hydrogens (tertiary/aromatic N) is 2. The van der Waals surface area contributed by atoms with Gasteiger partial charge in [0.2, 0.25) is 0 Å². The van der Waals surface area contributed by atoms with Gasteiger partial charge >= 0.3 is 23.9 Å².